The van der Waals surface area contributed by atoms with Gasteiger partial charge >= 0.3 is 17.7 Å². The minimum Gasteiger partial charge on any atom is -0.477 e. The number of carboxylic acid groups (broad SMARTS) is 1. The summed E-state index contributed by atoms with van der Waals surface area (Å²) in [5, 5.41) is 9.98. The van der Waals surface area contributed by atoms with Crippen LogP contribution in [-0.4, -0.2) is 56.3 Å². The molecule has 10 heteroatoms. The monoisotopic (exact) mass is 348 g/mol. The highest BCUT2D eigenvalue weighted by Crippen LogP contribution is 2.35. The van der Waals surface area contributed by atoms with Crippen molar-refractivity contribution >= 4 is 46.7 Å². The van der Waals surface area contributed by atoms with Gasteiger partial charge in [-0.25, -0.2) is 4.79 Å². The van der Waals surface area contributed by atoms with E-state index in [0.29, 0.717) is 10.1 Å². The van der Waals surface area contributed by atoms with Crippen LogP contribution < -0.4 is 0 Å². The molecule has 0 bridgehead atoms. The molecule has 0 aromatic carbocycles. The first-order chi connectivity index (χ1) is 10.3. The van der Waals surface area contributed by atoms with Crippen molar-refractivity contribution in [3.63, 3.8) is 0 Å². The van der Waals surface area contributed by atoms with Crippen LogP contribution in [0.25, 0.3) is 0 Å². The third-order valence-electron chi connectivity index (χ3n) is 3.38. The fourth-order valence-electron chi connectivity index (χ4n) is 2.33. The Morgan fingerprint density at radius 2 is 2.27 bits per heavy atom. The summed E-state index contributed by atoms with van der Waals surface area (Å²) in [7, 11) is 0. The second-order valence-electron chi connectivity index (χ2n) is 4.71. The summed E-state index contributed by atoms with van der Waals surface area (Å²) >= 11 is 10.5. The van der Waals surface area contributed by atoms with Crippen LogP contribution in [0.15, 0.2) is 11.7 Å². The van der Waals surface area contributed by atoms with E-state index in [1.807, 2.05) is 0 Å². The van der Waals surface area contributed by atoms with E-state index in [1.54, 1.807) is 6.92 Å². The molecule has 1 unspecified atom stereocenters. The molecule has 0 aromatic rings. The number of carbonyl (C=O) groups excluding carboxylic acids is 2. The third-order valence-corrected chi connectivity index (χ3v) is 3.70. The number of rotatable bonds is 4. The molecule has 0 saturated carbocycles. The van der Waals surface area contributed by atoms with Crippen molar-refractivity contribution in [2.24, 2.45) is 0 Å². The Morgan fingerprint density at radius 1 is 1.59 bits per heavy atom. The molecular weight excluding hydrogens is 336 g/mol. The molecule has 2 aliphatic heterocycles. The standard InChI is InChI=1S/C12H13ClN2O6S/c1-7(22)14(5-4-13)8-6-20-15(10(8)17)12(11(18)19)3-2-9(16)21-12/h4-5,8H,2-3,6H2,1H3,(H,18,19)/t8-,12?/m0/s1. The molecular formula is C12H13ClN2O6S. The van der Waals surface area contributed by atoms with Crippen LogP contribution in [0, 0.1) is 0 Å². The molecule has 0 aliphatic carbocycles. The number of hydrogen-bond acceptors (Lipinski definition) is 6. The van der Waals surface area contributed by atoms with E-state index < -0.39 is 29.6 Å². The lowest BCUT2D eigenvalue weighted by atomic mass is 10.1. The molecule has 2 atom stereocenters. The van der Waals surface area contributed by atoms with Crippen LogP contribution >= 0.6 is 23.8 Å². The molecule has 2 saturated heterocycles. The van der Waals surface area contributed by atoms with E-state index in [2.05, 4.69) is 0 Å². The SMILES string of the molecule is CC(=S)N(C=CCl)[C@H]1CON(C2(C(=O)O)CCC(=O)O2)C1=O. The normalized spacial score (nSPS) is 28.3. The minimum absolute atomic E-state index is 0.110. The Balaban J connectivity index is 2.28. The fraction of sp³-hybridized carbons (Fsp3) is 0.500. The highest BCUT2D eigenvalue weighted by atomic mass is 35.5. The van der Waals surface area contributed by atoms with Gasteiger partial charge in [-0.3, -0.25) is 14.4 Å². The smallest absolute Gasteiger partial charge is 0.372 e. The molecule has 0 spiro atoms. The van der Waals surface area contributed by atoms with Gasteiger partial charge in [0.1, 0.15) is 12.6 Å². The number of hydrogen-bond donors (Lipinski definition) is 1. The number of amides is 1. The van der Waals surface area contributed by atoms with Gasteiger partial charge in [0, 0.05) is 18.2 Å². The largest absolute Gasteiger partial charge is 0.477 e. The van der Waals surface area contributed by atoms with Crippen LogP contribution in [0.3, 0.4) is 0 Å². The first-order valence-corrected chi connectivity index (χ1v) is 7.16. The van der Waals surface area contributed by atoms with Crippen molar-refractivity contribution < 1.29 is 29.1 Å². The maximum atomic E-state index is 12.5. The van der Waals surface area contributed by atoms with Crippen molar-refractivity contribution in [1.29, 1.82) is 0 Å². The Hall–Kier alpha value is -1.71. The van der Waals surface area contributed by atoms with Gasteiger partial charge in [0.2, 0.25) is 0 Å². The average Bonchev–Trinajstić information content (AvgIpc) is 3.00. The predicted octanol–water partition coefficient (Wildman–Crippen LogP) is 0.606. The van der Waals surface area contributed by atoms with Crippen LogP contribution in [0.5, 0.6) is 0 Å². The van der Waals surface area contributed by atoms with Gasteiger partial charge in [-0.1, -0.05) is 23.8 Å². The van der Waals surface area contributed by atoms with E-state index >= 15 is 0 Å². The Bertz CT molecular complexity index is 568. The maximum absolute atomic E-state index is 12.5. The third kappa shape index (κ3) is 2.67. The van der Waals surface area contributed by atoms with E-state index in [-0.39, 0.29) is 19.4 Å². The molecule has 1 amide bonds. The molecule has 2 aliphatic rings. The molecule has 2 heterocycles. The summed E-state index contributed by atoms with van der Waals surface area (Å²) in [6, 6.07) is -0.872. The molecule has 120 valence electrons. The van der Waals surface area contributed by atoms with Crippen molar-refractivity contribution in [2.75, 3.05) is 6.61 Å². The zero-order valence-corrected chi connectivity index (χ0v) is 13.1. The minimum atomic E-state index is -2.13. The second-order valence-corrected chi connectivity index (χ2v) is 5.55. The van der Waals surface area contributed by atoms with Gasteiger partial charge in [0.15, 0.2) is 0 Å². The molecule has 2 fully saturated rings. The maximum Gasteiger partial charge on any atom is 0.372 e. The molecule has 8 nitrogen and oxygen atoms in total. The highest BCUT2D eigenvalue weighted by molar-refractivity contribution is 7.80. The number of hydroxylamine groups is 2. The topological polar surface area (TPSA) is 96.4 Å². The fourth-order valence-corrected chi connectivity index (χ4v) is 2.64. The van der Waals surface area contributed by atoms with E-state index in [0.717, 1.165) is 0 Å². The number of carboxylic acids is 1. The van der Waals surface area contributed by atoms with Gasteiger partial charge in [-0.05, 0) is 6.92 Å². The Morgan fingerprint density at radius 3 is 2.73 bits per heavy atom. The van der Waals surface area contributed by atoms with Crippen LogP contribution in [0.2, 0.25) is 0 Å². The first kappa shape index (κ1) is 16.7. The van der Waals surface area contributed by atoms with Gasteiger partial charge in [0.05, 0.1) is 11.4 Å². The van der Waals surface area contributed by atoms with Crippen LogP contribution in [-0.2, 0) is 24.0 Å². The number of thiocarbonyl (C=S) groups is 1. The lowest BCUT2D eigenvalue weighted by molar-refractivity contribution is -0.256. The summed E-state index contributed by atoms with van der Waals surface area (Å²) in [4.78, 5) is 42.3. The summed E-state index contributed by atoms with van der Waals surface area (Å²) in [5.41, 5.74) is -0.955. The van der Waals surface area contributed by atoms with Crippen molar-refractivity contribution in [1.82, 2.24) is 9.96 Å². The Labute approximate surface area is 136 Å². The van der Waals surface area contributed by atoms with E-state index in [9.17, 15) is 19.5 Å². The van der Waals surface area contributed by atoms with Gasteiger partial charge in [-0.15, -0.1) is 0 Å². The van der Waals surface area contributed by atoms with Gasteiger partial charge in [-0.2, -0.15) is 5.06 Å². The summed E-state index contributed by atoms with van der Waals surface area (Å²) in [6.45, 7) is 1.45. The molecule has 2 rings (SSSR count). The Kier molecular flexibility index (Phi) is 4.69. The number of aliphatic carboxylic acids is 1. The van der Waals surface area contributed by atoms with Gasteiger partial charge in [0.25, 0.3) is 5.91 Å². The number of nitrogens with zero attached hydrogens (tertiary/aromatic N) is 2. The molecule has 0 radical (unpaired) electrons. The number of cyclic esters (lactones) is 1. The van der Waals surface area contributed by atoms with Crippen LogP contribution in [0.4, 0.5) is 0 Å². The lowest BCUT2D eigenvalue weighted by Gasteiger charge is -2.31. The van der Waals surface area contributed by atoms with Crippen molar-refractivity contribution in [3.8, 4) is 0 Å². The first-order valence-electron chi connectivity index (χ1n) is 6.31. The molecule has 0 aromatic heterocycles. The number of halogens is 1. The summed E-state index contributed by atoms with van der Waals surface area (Å²) < 4.78 is 4.86. The van der Waals surface area contributed by atoms with Gasteiger partial charge < -0.3 is 14.7 Å². The zero-order chi connectivity index (χ0) is 16.5. The number of esters is 1. The van der Waals surface area contributed by atoms with Crippen molar-refractivity contribution in [2.45, 2.75) is 31.5 Å². The second kappa shape index (κ2) is 6.19. The number of carbonyl (C=O) groups is 3. The summed E-state index contributed by atoms with van der Waals surface area (Å²) in [5.74, 6) is -2.84. The highest BCUT2D eigenvalue weighted by Gasteiger charge is 2.59. The quantitative estimate of drug-likeness (QED) is 0.583. The summed E-state index contributed by atoms with van der Waals surface area (Å²) in [6.07, 6.45) is 1.09. The van der Waals surface area contributed by atoms with E-state index in [1.165, 1.54) is 16.6 Å². The lowest BCUT2D eigenvalue weighted by Crippen LogP contribution is -2.56. The molecule has 1 N–H and O–H groups in total. The zero-order valence-electron chi connectivity index (χ0n) is 11.5. The van der Waals surface area contributed by atoms with Crippen molar-refractivity contribution in [3.05, 3.63) is 11.7 Å². The molecule has 22 heavy (non-hydrogen) atoms. The number of ether oxygens (including phenoxy) is 1. The van der Waals surface area contributed by atoms with E-state index in [4.69, 9.17) is 33.4 Å². The predicted molar refractivity (Wildman–Crippen MR) is 77.4 cm³/mol. The van der Waals surface area contributed by atoms with Crippen LogP contribution in [0.1, 0.15) is 19.8 Å². The average molecular weight is 349 g/mol.